The van der Waals surface area contributed by atoms with Crippen molar-refractivity contribution in [3.8, 4) is 0 Å². The highest BCUT2D eigenvalue weighted by atomic mass is 32.1. The Morgan fingerprint density at radius 1 is 1.35 bits per heavy atom. The topological polar surface area (TPSA) is 55.1 Å². The molecule has 0 aromatic carbocycles. The molecule has 0 aromatic heterocycles. The van der Waals surface area contributed by atoms with E-state index in [0.717, 1.165) is 0 Å². The lowest BCUT2D eigenvalue weighted by molar-refractivity contribution is -0.127. The number of hydrogen-bond donors (Lipinski definition) is 2. The summed E-state index contributed by atoms with van der Waals surface area (Å²) in [7, 11) is 0. The fourth-order valence-electron chi connectivity index (χ4n) is 2.25. The SMILES string of the molecule is CC(NC(=O)C(C)(C)C(N)=S)C1CCCCC1. The molecule has 98 valence electrons. The number of carbonyl (C=O) groups excluding carboxylic acids is 1. The molecule has 1 rings (SSSR count). The Bertz CT molecular complexity index is 296. The minimum absolute atomic E-state index is 0.0527. The van der Waals surface area contributed by atoms with Gasteiger partial charge in [0.25, 0.3) is 0 Å². The number of nitrogens with two attached hydrogens (primary N) is 1. The van der Waals surface area contributed by atoms with E-state index in [1.165, 1.54) is 32.1 Å². The average molecular weight is 256 g/mol. The monoisotopic (exact) mass is 256 g/mol. The first kappa shape index (κ1) is 14.4. The van der Waals surface area contributed by atoms with Gasteiger partial charge in [0.15, 0.2) is 0 Å². The van der Waals surface area contributed by atoms with Gasteiger partial charge in [0.1, 0.15) is 0 Å². The van der Waals surface area contributed by atoms with Gasteiger partial charge >= 0.3 is 0 Å². The molecule has 3 nitrogen and oxygen atoms in total. The highest BCUT2D eigenvalue weighted by Gasteiger charge is 2.33. The standard InChI is InChI=1S/C13H24N2OS/c1-9(10-7-5-4-6-8-10)15-12(16)13(2,3)11(14)17/h9-10H,4-8H2,1-3H3,(H2,14,17)(H,15,16). The Hall–Kier alpha value is -0.640. The van der Waals surface area contributed by atoms with Gasteiger partial charge in [-0.05, 0) is 39.5 Å². The first-order valence-electron chi connectivity index (χ1n) is 6.46. The van der Waals surface area contributed by atoms with E-state index in [4.69, 9.17) is 18.0 Å². The maximum atomic E-state index is 12.1. The van der Waals surface area contributed by atoms with Crippen LogP contribution in [-0.4, -0.2) is 16.9 Å². The first-order chi connectivity index (χ1) is 7.85. The Morgan fingerprint density at radius 2 is 1.88 bits per heavy atom. The smallest absolute Gasteiger partial charge is 0.232 e. The predicted molar refractivity (Wildman–Crippen MR) is 74.7 cm³/mol. The number of carbonyl (C=O) groups is 1. The zero-order valence-corrected chi connectivity index (χ0v) is 11.9. The van der Waals surface area contributed by atoms with E-state index < -0.39 is 5.41 Å². The van der Waals surface area contributed by atoms with Crippen LogP contribution in [0.2, 0.25) is 0 Å². The number of hydrogen-bond acceptors (Lipinski definition) is 2. The van der Waals surface area contributed by atoms with Crippen molar-refractivity contribution >= 4 is 23.1 Å². The summed E-state index contributed by atoms with van der Waals surface area (Å²) in [5.74, 6) is 0.554. The Labute approximate surface area is 110 Å². The van der Waals surface area contributed by atoms with Crippen LogP contribution in [0.5, 0.6) is 0 Å². The third-order valence-electron chi connectivity index (χ3n) is 3.90. The second kappa shape index (κ2) is 5.80. The molecule has 1 saturated carbocycles. The summed E-state index contributed by atoms with van der Waals surface area (Å²) in [5, 5.41) is 3.06. The van der Waals surface area contributed by atoms with Crippen LogP contribution in [0, 0.1) is 11.3 Å². The number of thiocarbonyl (C=S) groups is 1. The van der Waals surface area contributed by atoms with Gasteiger partial charge in [0.2, 0.25) is 5.91 Å². The number of rotatable bonds is 4. The maximum absolute atomic E-state index is 12.1. The third kappa shape index (κ3) is 3.66. The van der Waals surface area contributed by atoms with Gasteiger partial charge in [-0.15, -0.1) is 0 Å². The molecule has 3 N–H and O–H groups in total. The summed E-state index contributed by atoms with van der Waals surface area (Å²) >= 11 is 4.93. The zero-order chi connectivity index (χ0) is 13.1. The van der Waals surface area contributed by atoms with Crippen molar-refractivity contribution in [3.63, 3.8) is 0 Å². The summed E-state index contributed by atoms with van der Waals surface area (Å²) in [5.41, 5.74) is 4.84. The summed E-state index contributed by atoms with van der Waals surface area (Å²) in [6.45, 7) is 5.64. The van der Waals surface area contributed by atoms with Crippen molar-refractivity contribution < 1.29 is 4.79 Å². The van der Waals surface area contributed by atoms with E-state index in [1.54, 1.807) is 13.8 Å². The molecular formula is C13H24N2OS. The highest BCUT2D eigenvalue weighted by molar-refractivity contribution is 7.80. The molecule has 1 atom stereocenters. The van der Waals surface area contributed by atoms with Crippen molar-refractivity contribution in [1.29, 1.82) is 0 Å². The van der Waals surface area contributed by atoms with E-state index >= 15 is 0 Å². The minimum Gasteiger partial charge on any atom is -0.392 e. The van der Waals surface area contributed by atoms with Crippen molar-refractivity contribution in [2.45, 2.75) is 58.9 Å². The molecule has 1 amide bonds. The molecule has 0 bridgehead atoms. The van der Waals surface area contributed by atoms with Crippen LogP contribution in [0.4, 0.5) is 0 Å². The van der Waals surface area contributed by atoms with Crippen LogP contribution in [0.3, 0.4) is 0 Å². The Kier molecular flexibility index (Phi) is 4.92. The molecule has 1 fully saturated rings. The van der Waals surface area contributed by atoms with Crippen molar-refractivity contribution in [3.05, 3.63) is 0 Å². The van der Waals surface area contributed by atoms with Crippen molar-refractivity contribution in [2.75, 3.05) is 0 Å². The van der Waals surface area contributed by atoms with E-state index in [9.17, 15) is 4.79 Å². The molecule has 0 saturated heterocycles. The van der Waals surface area contributed by atoms with Crippen molar-refractivity contribution in [2.24, 2.45) is 17.1 Å². The van der Waals surface area contributed by atoms with Crippen LogP contribution < -0.4 is 11.1 Å². The van der Waals surface area contributed by atoms with Gasteiger partial charge in [0.05, 0.1) is 10.4 Å². The molecule has 4 heteroatoms. The fourth-order valence-corrected chi connectivity index (χ4v) is 2.34. The molecular weight excluding hydrogens is 232 g/mol. The quantitative estimate of drug-likeness (QED) is 0.759. The molecule has 0 heterocycles. The maximum Gasteiger partial charge on any atom is 0.232 e. The molecule has 0 radical (unpaired) electrons. The second-order valence-electron chi connectivity index (χ2n) is 5.65. The van der Waals surface area contributed by atoms with E-state index in [2.05, 4.69) is 12.2 Å². The van der Waals surface area contributed by atoms with Crippen LogP contribution >= 0.6 is 12.2 Å². The van der Waals surface area contributed by atoms with Gasteiger partial charge in [-0.25, -0.2) is 0 Å². The summed E-state index contributed by atoms with van der Waals surface area (Å²) in [6, 6.07) is 0.219. The second-order valence-corrected chi connectivity index (χ2v) is 6.09. The lowest BCUT2D eigenvalue weighted by Crippen LogP contribution is -2.49. The van der Waals surface area contributed by atoms with Crippen molar-refractivity contribution in [1.82, 2.24) is 5.32 Å². The van der Waals surface area contributed by atoms with Gasteiger partial charge < -0.3 is 11.1 Å². The van der Waals surface area contributed by atoms with Gasteiger partial charge in [-0.1, -0.05) is 31.5 Å². The lowest BCUT2D eigenvalue weighted by Gasteiger charge is -2.31. The molecule has 1 unspecified atom stereocenters. The zero-order valence-electron chi connectivity index (χ0n) is 11.1. The molecule has 0 aliphatic heterocycles. The summed E-state index contributed by atoms with van der Waals surface area (Å²) in [4.78, 5) is 12.3. The summed E-state index contributed by atoms with van der Waals surface area (Å²) in [6.07, 6.45) is 6.33. The van der Waals surface area contributed by atoms with Crippen LogP contribution in [0.25, 0.3) is 0 Å². The minimum atomic E-state index is -0.752. The van der Waals surface area contributed by atoms with Gasteiger partial charge in [-0.3, -0.25) is 4.79 Å². The van der Waals surface area contributed by atoms with Crippen LogP contribution in [0.15, 0.2) is 0 Å². The molecule has 0 aromatic rings. The fraction of sp³-hybridized carbons (Fsp3) is 0.846. The average Bonchev–Trinajstić information content (AvgIpc) is 2.29. The predicted octanol–water partition coefficient (Wildman–Crippen LogP) is 2.38. The lowest BCUT2D eigenvalue weighted by atomic mass is 9.83. The molecule has 1 aliphatic rings. The Morgan fingerprint density at radius 3 is 2.35 bits per heavy atom. The van der Waals surface area contributed by atoms with Crippen LogP contribution in [0.1, 0.15) is 52.9 Å². The number of amides is 1. The molecule has 17 heavy (non-hydrogen) atoms. The normalized spacial score (nSPS) is 19.7. The highest BCUT2D eigenvalue weighted by Crippen LogP contribution is 2.27. The molecule has 1 aliphatic carbocycles. The number of nitrogens with one attached hydrogen (secondary N) is 1. The largest absolute Gasteiger partial charge is 0.392 e. The molecule has 0 spiro atoms. The van der Waals surface area contributed by atoms with Gasteiger partial charge in [-0.2, -0.15) is 0 Å². The van der Waals surface area contributed by atoms with E-state index in [-0.39, 0.29) is 16.9 Å². The van der Waals surface area contributed by atoms with E-state index in [0.29, 0.717) is 5.92 Å². The summed E-state index contributed by atoms with van der Waals surface area (Å²) < 4.78 is 0. The van der Waals surface area contributed by atoms with Gasteiger partial charge in [0, 0.05) is 6.04 Å². The van der Waals surface area contributed by atoms with E-state index in [1.807, 2.05) is 0 Å². The third-order valence-corrected chi connectivity index (χ3v) is 4.41. The Balaban J connectivity index is 2.53. The first-order valence-corrected chi connectivity index (χ1v) is 6.87. The van der Waals surface area contributed by atoms with Crippen LogP contribution in [-0.2, 0) is 4.79 Å².